The van der Waals surface area contributed by atoms with Gasteiger partial charge in [-0.05, 0) is 0 Å². The van der Waals surface area contributed by atoms with E-state index in [9.17, 15) is 33.1 Å². The Kier molecular flexibility index (Phi) is 9.48. The number of carbonyl (C=O) groups is 2. The van der Waals surface area contributed by atoms with Gasteiger partial charge in [0.25, 0.3) is 5.91 Å². The number of ether oxygens (including phenoxy) is 4. The van der Waals surface area contributed by atoms with Crippen molar-refractivity contribution in [1.29, 1.82) is 0 Å². The summed E-state index contributed by atoms with van der Waals surface area (Å²) in [4.78, 5) is 72.9. The maximum absolute atomic E-state index is 13.1. The van der Waals surface area contributed by atoms with E-state index in [2.05, 4.69) is 33.6 Å². The van der Waals surface area contributed by atoms with Crippen molar-refractivity contribution in [1.82, 2.24) is 19.5 Å². The molecule has 45 heavy (non-hydrogen) atoms. The van der Waals surface area contributed by atoms with Crippen molar-refractivity contribution >= 4 is 81.7 Å². The number of thiophene rings is 1. The van der Waals surface area contributed by atoms with Crippen LogP contribution in [0.15, 0.2) is 17.1 Å². The molecule has 3 aromatic heterocycles. The second-order valence-electron chi connectivity index (χ2n) is 8.94. The third kappa shape index (κ3) is 7.57. The summed E-state index contributed by atoms with van der Waals surface area (Å²) < 4.78 is 70.8. The lowest BCUT2D eigenvalue weighted by molar-refractivity contribution is -0.166. The number of hydrogen-bond acceptors (Lipinski definition) is 17. The maximum atomic E-state index is 13.1. The average molecular weight is 734 g/mol. The van der Waals surface area contributed by atoms with Crippen LogP contribution in [0.25, 0.3) is 11.2 Å². The number of fused-ring (bicyclic) bond motifs is 2. The van der Waals surface area contributed by atoms with Crippen LogP contribution in [0.5, 0.6) is 0 Å². The van der Waals surface area contributed by atoms with E-state index in [1.54, 1.807) is 0 Å². The average Bonchev–Trinajstić information content (AvgIpc) is 3.68. The summed E-state index contributed by atoms with van der Waals surface area (Å²) in [6.07, 6.45) is -5.38. The molecule has 8 N–H and O–H groups in total. The number of esters is 1. The minimum atomic E-state index is -5.80. The van der Waals surface area contributed by atoms with Crippen LogP contribution in [0.1, 0.15) is 16.6 Å². The Bertz CT molecular complexity index is 1840. The van der Waals surface area contributed by atoms with Crippen molar-refractivity contribution in [2.75, 3.05) is 24.8 Å². The van der Waals surface area contributed by atoms with Crippen LogP contribution in [-0.4, -0.2) is 89.3 Å². The number of nitrogens with zero attached hydrogens (tertiary/aromatic N) is 3. The molecular weight excluding hydrogens is 713 g/mol. The van der Waals surface area contributed by atoms with Gasteiger partial charge < -0.3 is 54.6 Å². The molecule has 2 aliphatic rings. The Hall–Kier alpha value is -2.50. The fourth-order valence-corrected chi connectivity index (χ4v) is 8.30. The van der Waals surface area contributed by atoms with Crippen molar-refractivity contribution in [3.8, 4) is 0 Å². The number of aromatic nitrogens is 4. The number of anilines is 2. The molecule has 0 bridgehead atoms. The van der Waals surface area contributed by atoms with Crippen molar-refractivity contribution in [3.63, 3.8) is 0 Å². The van der Waals surface area contributed by atoms with E-state index in [0.29, 0.717) is 0 Å². The predicted octanol–water partition coefficient (Wildman–Crippen LogP) is 0.909. The Morgan fingerprint density at radius 1 is 1.13 bits per heavy atom. The van der Waals surface area contributed by atoms with Gasteiger partial charge in [-0.2, -0.15) is 13.6 Å². The third-order valence-corrected chi connectivity index (χ3v) is 10.8. The van der Waals surface area contributed by atoms with Crippen molar-refractivity contribution < 1.29 is 75.0 Å². The molecule has 0 aromatic carbocycles. The summed E-state index contributed by atoms with van der Waals surface area (Å²) in [6, 6.07) is 0. The second-order valence-corrected chi connectivity index (χ2v) is 14.5. The van der Waals surface area contributed by atoms with Crippen LogP contribution in [0.4, 0.5) is 11.6 Å². The topological polar surface area (TPSA) is 315 Å². The number of imidazole rings is 1. The molecule has 27 heteroatoms. The van der Waals surface area contributed by atoms with Crippen LogP contribution in [-0.2, 0) is 50.6 Å². The summed E-state index contributed by atoms with van der Waals surface area (Å²) in [5.74, 6) is -1.65. The van der Waals surface area contributed by atoms with Crippen molar-refractivity contribution in [2.45, 2.75) is 30.8 Å². The zero-order chi connectivity index (χ0) is 32.9. The predicted molar refractivity (Wildman–Crippen MR) is 149 cm³/mol. The lowest BCUT2D eigenvalue weighted by Crippen LogP contribution is -2.34. The highest BCUT2D eigenvalue weighted by Crippen LogP contribution is 2.66. The molecule has 5 heterocycles. The highest BCUT2D eigenvalue weighted by Gasteiger charge is 2.56. The molecule has 0 spiro atoms. The number of methoxy groups -OCH3 is 1. The van der Waals surface area contributed by atoms with Crippen LogP contribution >= 0.6 is 47.0 Å². The van der Waals surface area contributed by atoms with Gasteiger partial charge in [-0.25, -0.2) is 23.5 Å². The number of phosphoric acid groups is 3. The number of H-pyrrole nitrogens is 1. The number of phosphoric ester groups is 1. The van der Waals surface area contributed by atoms with Gasteiger partial charge in [0.2, 0.25) is 12.2 Å². The lowest BCUT2D eigenvalue weighted by Gasteiger charge is -2.22. The van der Waals surface area contributed by atoms with Gasteiger partial charge >= 0.3 is 29.4 Å². The van der Waals surface area contributed by atoms with E-state index >= 15 is 0 Å². The Labute approximate surface area is 258 Å². The molecule has 2 fully saturated rings. The molecular formula is C18H21N6O16P3S2. The molecule has 2 aliphatic heterocycles. The maximum Gasteiger partial charge on any atom is 0.490 e. The first kappa shape index (κ1) is 33.9. The molecule has 6 unspecified atom stereocenters. The number of hydrogen-bond donors (Lipinski definition) is 7. The molecule has 2 saturated heterocycles. The Morgan fingerprint density at radius 2 is 1.84 bits per heavy atom. The molecule has 1 amide bonds. The molecule has 3 aromatic rings. The number of rotatable bonds is 11. The van der Waals surface area contributed by atoms with E-state index in [1.165, 1.54) is 21.7 Å². The SMILES string of the molecule is COC(=O)c1cscc1NC(=O)[C@@H]1OC2C(COP(=O)(O)OP(=O)(O)OP(=O)(O)O)OC(n3cnc4c(=S)[nH]c(N)nc43)C2O1. The van der Waals surface area contributed by atoms with Gasteiger partial charge in [-0.1, -0.05) is 12.2 Å². The first-order chi connectivity index (χ1) is 21.0. The third-order valence-electron chi connectivity index (χ3n) is 5.93. The van der Waals surface area contributed by atoms with Crippen LogP contribution in [0, 0.1) is 4.64 Å². The molecule has 246 valence electrons. The van der Waals surface area contributed by atoms with Crippen molar-refractivity contribution in [3.05, 3.63) is 27.3 Å². The minimum Gasteiger partial charge on any atom is -0.465 e. The van der Waals surface area contributed by atoms with Gasteiger partial charge in [-0.15, -0.1) is 11.3 Å². The van der Waals surface area contributed by atoms with E-state index in [0.717, 1.165) is 18.4 Å². The van der Waals surface area contributed by atoms with Crippen molar-refractivity contribution in [2.24, 2.45) is 0 Å². The van der Waals surface area contributed by atoms with Gasteiger partial charge in [0, 0.05) is 10.8 Å². The lowest BCUT2D eigenvalue weighted by atomic mass is 10.1. The van der Waals surface area contributed by atoms with Crippen LogP contribution < -0.4 is 11.1 Å². The summed E-state index contributed by atoms with van der Waals surface area (Å²) in [5.41, 5.74) is 6.28. The molecule has 0 saturated carbocycles. The number of nitrogen functional groups attached to an aromatic ring is 1. The highest BCUT2D eigenvalue weighted by molar-refractivity contribution is 7.71. The summed E-state index contributed by atoms with van der Waals surface area (Å²) in [5, 5.41) is 5.40. The Morgan fingerprint density at radius 3 is 2.53 bits per heavy atom. The standard InChI is InChI=1S/C18H21N6O16P3S2/c1-34-16(26)6-3-45-4-7(6)21-13(25)17-37-10-8(2-35-42(30,31)40-43(32,33)39-41(27,28)29)36-15(11(10)38-17)24-5-20-9-12(24)22-18(19)23-14(9)44/h3-5,8,10-11,15,17H,2H2,1H3,(H,21,25)(H,30,31)(H,32,33)(H2,27,28,29)(H3,19,22,23,44)/t8?,10?,11?,15?,17-/m1/s1. The van der Waals surface area contributed by atoms with Gasteiger partial charge in [0.15, 0.2) is 11.9 Å². The number of nitrogens with two attached hydrogens (primary N) is 1. The van der Waals surface area contributed by atoms with Gasteiger partial charge in [0.05, 0.1) is 31.3 Å². The number of nitrogens with one attached hydrogen (secondary N) is 2. The summed E-state index contributed by atoms with van der Waals surface area (Å²) in [6.45, 7) is -0.932. The minimum absolute atomic E-state index is 0.0641. The van der Waals surface area contributed by atoms with E-state index < -0.39 is 72.8 Å². The van der Waals surface area contributed by atoms with Crippen LogP contribution in [0.3, 0.4) is 0 Å². The van der Waals surface area contributed by atoms with Gasteiger partial charge in [0.1, 0.15) is 28.5 Å². The molecule has 5 rings (SSSR count). The quantitative estimate of drug-likeness (QED) is 0.0817. The number of carbonyl (C=O) groups excluding carboxylic acids is 2. The van der Waals surface area contributed by atoms with Crippen LogP contribution in [0.2, 0.25) is 0 Å². The fraction of sp³-hybridized carbons (Fsp3) is 0.389. The largest absolute Gasteiger partial charge is 0.490 e. The molecule has 22 nitrogen and oxygen atoms in total. The normalized spacial score (nSPS) is 25.8. The first-order valence-electron chi connectivity index (χ1n) is 11.9. The first-order valence-corrected chi connectivity index (χ1v) is 17.8. The molecule has 7 atom stereocenters. The zero-order valence-corrected chi connectivity index (χ0v) is 26.4. The fourth-order valence-electron chi connectivity index (χ4n) is 4.27. The highest BCUT2D eigenvalue weighted by atomic mass is 32.1. The summed E-state index contributed by atoms with van der Waals surface area (Å²) in [7, 11) is -15.8. The molecule has 0 radical (unpaired) electrons. The van der Waals surface area contributed by atoms with E-state index in [4.69, 9.17) is 46.5 Å². The summed E-state index contributed by atoms with van der Waals surface area (Å²) >= 11 is 6.33. The van der Waals surface area contributed by atoms with E-state index in [1.807, 2.05) is 0 Å². The zero-order valence-electron chi connectivity index (χ0n) is 22.1. The Balaban J connectivity index is 1.39. The van der Waals surface area contributed by atoms with Gasteiger partial charge in [-0.3, -0.25) is 13.9 Å². The smallest absolute Gasteiger partial charge is 0.465 e. The second kappa shape index (κ2) is 12.6. The molecule has 0 aliphatic carbocycles. The monoisotopic (exact) mass is 734 g/mol. The number of aromatic amines is 1. The number of amides is 1. The van der Waals surface area contributed by atoms with E-state index in [-0.39, 0.29) is 33.0 Å².